The highest BCUT2D eigenvalue weighted by Crippen LogP contribution is 2.29. The molecule has 2 aromatic rings. The van der Waals surface area contributed by atoms with Crippen molar-refractivity contribution in [2.75, 3.05) is 19.0 Å². The van der Waals surface area contributed by atoms with Crippen molar-refractivity contribution in [3.8, 4) is 11.5 Å². The summed E-state index contributed by atoms with van der Waals surface area (Å²) in [7, 11) is 1.65. The molecule has 0 saturated heterocycles. The number of para-hydroxylation sites is 1. The van der Waals surface area contributed by atoms with Gasteiger partial charge in [0.25, 0.3) is 5.91 Å². The van der Waals surface area contributed by atoms with Crippen LogP contribution >= 0.6 is 0 Å². The van der Waals surface area contributed by atoms with Crippen molar-refractivity contribution >= 4 is 23.7 Å². The number of nitrogens with one attached hydrogen (secondary N) is 1. The predicted octanol–water partition coefficient (Wildman–Crippen LogP) is 3.20. The number of benzene rings is 2. The third-order valence-electron chi connectivity index (χ3n) is 3.23. The van der Waals surface area contributed by atoms with Crippen molar-refractivity contribution in [1.29, 1.82) is 0 Å². The van der Waals surface area contributed by atoms with Gasteiger partial charge in [0.15, 0.2) is 6.61 Å². The third-order valence-corrected chi connectivity index (χ3v) is 3.23. The smallest absolute Gasteiger partial charge is 0.262 e. The van der Waals surface area contributed by atoms with E-state index in [1.54, 1.807) is 7.11 Å². The van der Waals surface area contributed by atoms with Crippen molar-refractivity contribution in [2.45, 2.75) is 0 Å². The highest BCUT2D eigenvalue weighted by molar-refractivity contribution is 5.95. The fourth-order valence-electron chi connectivity index (χ4n) is 2.19. The largest absolute Gasteiger partial charge is 0.496 e. The average Bonchev–Trinajstić information content (AvgIpc) is 2.52. The molecule has 0 aromatic heterocycles. The Labute approximate surface area is 123 Å². The maximum Gasteiger partial charge on any atom is 0.262 e. The van der Waals surface area contributed by atoms with Crippen LogP contribution in [0.15, 0.2) is 42.5 Å². The summed E-state index contributed by atoms with van der Waals surface area (Å²) in [6, 6.07) is 13.5. The predicted molar refractivity (Wildman–Crippen MR) is 82.5 cm³/mol. The van der Waals surface area contributed by atoms with E-state index in [1.165, 1.54) is 0 Å². The van der Waals surface area contributed by atoms with Crippen LogP contribution in [0.3, 0.4) is 0 Å². The normalized spacial score (nSPS) is 13.5. The van der Waals surface area contributed by atoms with Crippen LogP contribution in [0.25, 0.3) is 12.2 Å². The Morgan fingerprint density at radius 1 is 1.19 bits per heavy atom. The molecule has 0 unspecified atom stereocenters. The van der Waals surface area contributed by atoms with Gasteiger partial charge in [-0.3, -0.25) is 4.79 Å². The van der Waals surface area contributed by atoms with Crippen molar-refractivity contribution in [3.63, 3.8) is 0 Å². The van der Waals surface area contributed by atoms with Gasteiger partial charge in [-0.25, -0.2) is 0 Å². The number of carbonyl (C=O) groups excluding carboxylic acids is 1. The molecule has 106 valence electrons. The lowest BCUT2D eigenvalue weighted by atomic mass is 10.1. The number of hydrogen-bond acceptors (Lipinski definition) is 3. The molecule has 0 radical (unpaired) electrons. The summed E-state index contributed by atoms with van der Waals surface area (Å²) in [6.07, 6.45) is 3.95. The van der Waals surface area contributed by atoms with E-state index in [9.17, 15) is 4.79 Å². The van der Waals surface area contributed by atoms with E-state index in [0.29, 0.717) is 11.4 Å². The Hall–Kier alpha value is -2.75. The maximum absolute atomic E-state index is 11.3. The first kappa shape index (κ1) is 13.2. The van der Waals surface area contributed by atoms with Crippen LogP contribution in [0.5, 0.6) is 11.5 Å². The number of ether oxygens (including phenoxy) is 2. The number of fused-ring (bicyclic) bond motifs is 1. The Kier molecular flexibility index (Phi) is 3.60. The lowest BCUT2D eigenvalue weighted by Crippen LogP contribution is -2.25. The second-order valence-electron chi connectivity index (χ2n) is 4.67. The quantitative estimate of drug-likeness (QED) is 0.879. The van der Waals surface area contributed by atoms with E-state index >= 15 is 0 Å². The summed E-state index contributed by atoms with van der Waals surface area (Å²) in [5.74, 6) is 1.39. The van der Waals surface area contributed by atoms with Crippen molar-refractivity contribution in [1.82, 2.24) is 0 Å². The van der Waals surface area contributed by atoms with Gasteiger partial charge in [-0.2, -0.15) is 0 Å². The van der Waals surface area contributed by atoms with E-state index in [1.807, 2.05) is 54.6 Å². The Morgan fingerprint density at radius 3 is 2.90 bits per heavy atom. The molecule has 0 fully saturated rings. The second kappa shape index (κ2) is 5.71. The Balaban J connectivity index is 1.86. The molecule has 3 rings (SSSR count). The minimum Gasteiger partial charge on any atom is -0.496 e. The molecule has 1 amide bonds. The van der Waals surface area contributed by atoms with Crippen LogP contribution in [-0.4, -0.2) is 19.6 Å². The van der Waals surface area contributed by atoms with Crippen LogP contribution < -0.4 is 14.8 Å². The number of rotatable bonds is 3. The van der Waals surface area contributed by atoms with Crippen LogP contribution in [0, 0.1) is 0 Å². The monoisotopic (exact) mass is 281 g/mol. The Morgan fingerprint density at radius 2 is 2.05 bits per heavy atom. The number of amides is 1. The van der Waals surface area contributed by atoms with Crippen LogP contribution in [0.2, 0.25) is 0 Å². The summed E-state index contributed by atoms with van der Waals surface area (Å²) >= 11 is 0. The molecule has 4 nitrogen and oxygen atoms in total. The van der Waals surface area contributed by atoms with E-state index in [0.717, 1.165) is 16.9 Å². The molecule has 0 atom stereocenters. The summed E-state index contributed by atoms with van der Waals surface area (Å²) in [5.41, 5.74) is 2.68. The molecule has 0 spiro atoms. The van der Waals surface area contributed by atoms with Gasteiger partial charge in [0.1, 0.15) is 11.5 Å². The average molecular weight is 281 g/mol. The minimum absolute atomic E-state index is 0.0728. The van der Waals surface area contributed by atoms with E-state index < -0.39 is 0 Å². The van der Waals surface area contributed by atoms with Gasteiger partial charge in [-0.15, -0.1) is 0 Å². The molecule has 0 bridgehead atoms. The fourth-order valence-corrected chi connectivity index (χ4v) is 2.19. The highest BCUT2D eigenvalue weighted by Gasteiger charge is 2.15. The SMILES string of the molecule is COc1ccccc1/C=C/c1ccc2c(c1)NC(=O)CO2. The number of carbonyl (C=O) groups is 1. The van der Waals surface area contributed by atoms with Crippen molar-refractivity contribution < 1.29 is 14.3 Å². The molecule has 1 heterocycles. The Bertz CT molecular complexity index is 707. The van der Waals surface area contributed by atoms with Crippen molar-refractivity contribution in [2.24, 2.45) is 0 Å². The van der Waals surface area contributed by atoms with Crippen LogP contribution in [0.1, 0.15) is 11.1 Å². The van der Waals surface area contributed by atoms with Crippen molar-refractivity contribution in [3.05, 3.63) is 53.6 Å². The number of anilines is 1. The summed E-state index contributed by atoms with van der Waals surface area (Å²) < 4.78 is 10.6. The number of hydrogen-bond donors (Lipinski definition) is 1. The zero-order valence-corrected chi connectivity index (χ0v) is 11.6. The lowest BCUT2D eigenvalue weighted by Gasteiger charge is -2.17. The topological polar surface area (TPSA) is 47.6 Å². The summed E-state index contributed by atoms with van der Waals surface area (Å²) in [4.78, 5) is 11.3. The van der Waals surface area contributed by atoms with Gasteiger partial charge >= 0.3 is 0 Å². The van der Waals surface area contributed by atoms with E-state index in [-0.39, 0.29) is 12.5 Å². The summed E-state index contributed by atoms with van der Waals surface area (Å²) in [6.45, 7) is 0.0728. The molecular weight excluding hydrogens is 266 g/mol. The maximum atomic E-state index is 11.3. The molecule has 1 aliphatic rings. The van der Waals surface area contributed by atoms with E-state index in [4.69, 9.17) is 9.47 Å². The zero-order chi connectivity index (χ0) is 14.7. The molecule has 2 aromatic carbocycles. The third kappa shape index (κ3) is 2.89. The first-order valence-corrected chi connectivity index (χ1v) is 6.64. The lowest BCUT2D eigenvalue weighted by molar-refractivity contribution is -0.118. The first-order chi connectivity index (χ1) is 10.3. The van der Waals surface area contributed by atoms with Gasteiger partial charge in [-0.05, 0) is 23.8 Å². The van der Waals surface area contributed by atoms with Gasteiger partial charge < -0.3 is 14.8 Å². The molecule has 1 N–H and O–H groups in total. The van der Waals surface area contributed by atoms with Crippen LogP contribution in [0.4, 0.5) is 5.69 Å². The summed E-state index contributed by atoms with van der Waals surface area (Å²) in [5, 5.41) is 2.80. The second-order valence-corrected chi connectivity index (χ2v) is 4.67. The van der Waals surface area contributed by atoms with E-state index in [2.05, 4.69) is 5.32 Å². The van der Waals surface area contributed by atoms with Gasteiger partial charge in [0, 0.05) is 5.56 Å². The molecule has 21 heavy (non-hydrogen) atoms. The first-order valence-electron chi connectivity index (χ1n) is 6.64. The fraction of sp³-hybridized carbons (Fsp3) is 0.118. The zero-order valence-electron chi connectivity index (χ0n) is 11.6. The van der Waals surface area contributed by atoms with Crippen LogP contribution in [-0.2, 0) is 4.79 Å². The standard InChI is InChI=1S/C17H15NO3/c1-20-15-5-3-2-4-13(15)8-6-12-7-9-16-14(10-12)18-17(19)11-21-16/h2-10H,11H2,1H3,(H,18,19)/b8-6+. The molecule has 4 heteroatoms. The number of methoxy groups -OCH3 is 1. The minimum atomic E-state index is -0.131. The van der Waals surface area contributed by atoms with Gasteiger partial charge in [-0.1, -0.05) is 36.4 Å². The highest BCUT2D eigenvalue weighted by atomic mass is 16.5. The van der Waals surface area contributed by atoms with Gasteiger partial charge in [0.05, 0.1) is 12.8 Å². The molecule has 1 aliphatic heterocycles. The molecular formula is C17H15NO3. The molecule has 0 saturated carbocycles. The van der Waals surface area contributed by atoms with Gasteiger partial charge in [0.2, 0.25) is 0 Å². The molecule has 0 aliphatic carbocycles.